The van der Waals surface area contributed by atoms with Crippen molar-refractivity contribution in [2.75, 3.05) is 0 Å². The predicted molar refractivity (Wildman–Crippen MR) is 84.8 cm³/mol. The van der Waals surface area contributed by atoms with Crippen LogP contribution in [0.25, 0.3) is 0 Å². The number of ether oxygens (including phenoxy) is 1. The van der Waals surface area contributed by atoms with Gasteiger partial charge in [0.05, 0.1) is 5.41 Å². The molecular formula is C18H31F3O2. The lowest BCUT2D eigenvalue weighted by atomic mass is 9.82. The lowest BCUT2D eigenvalue weighted by Crippen LogP contribution is -2.36. The number of alkyl halides is 3. The van der Waals surface area contributed by atoms with Crippen LogP contribution in [-0.2, 0) is 9.53 Å². The third kappa shape index (κ3) is 5.12. The number of hydrogen-bond donors (Lipinski definition) is 0. The normalized spacial score (nSPS) is 31.3. The SMILES string of the molecule is CC1C2CCC(C2)C1C.CCC(C)(C)C(=O)OC(C)C(F)(F)F. The van der Waals surface area contributed by atoms with E-state index in [4.69, 9.17) is 0 Å². The maximum absolute atomic E-state index is 12.0. The molecule has 0 heterocycles. The Bertz CT molecular complexity index is 386. The molecular weight excluding hydrogens is 305 g/mol. The number of carbonyl (C=O) groups is 1. The van der Waals surface area contributed by atoms with Gasteiger partial charge in [-0.3, -0.25) is 4.79 Å². The van der Waals surface area contributed by atoms with Crippen molar-refractivity contribution >= 4 is 5.97 Å². The molecule has 136 valence electrons. The summed E-state index contributed by atoms with van der Waals surface area (Å²) in [4.78, 5) is 11.2. The third-order valence-electron chi connectivity index (χ3n) is 6.01. The van der Waals surface area contributed by atoms with Gasteiger partial charge in [0.1, 0.15) is 0 Å². The Morgan fingerprint density at radius 2 is 1.57 bits per heavy atom. The van der Waals surface area contributed by atoms with Crippen molar-refractivity contribution < 1.29 is 22.7 Å². The fourth-order valence-corrected chi connectivity index (χ4v) is 3.40. The van der Waals surface area contributed by atoms with E-state index >= 15 is 0 Å². The minimum absolute atomic E-state index is 0.441. The van der Waals surface area contributed by atoms with Crippen molar-refractivity contribution in [2.45, 2.75) is 79.5 Å². The average Bonchev–Trinajstić information content (AvgIpc) is 3.02. The minimum atomic E-state index is -4.49. The smallest absolute Gasteiger partial charge is 0.425 e. The first kappa shape index (κ1) is 20.3. The number of halogens is 3. The van der Waals surface area contributed by atoms with Gasteiger partial charge in [0.2, 0.25) is 0 Å². The van der Waals surface area contributed by atoms with Crippen LogP contribution in [0.1, 0.15) is 67.2 Å². The Kier molecular flexibility index (Phi) is 6.56. The number of esters is 1. The number of hydrogen-bond acceptors (Lipinski definition) is 2. The highest BCUT2D eigenvalue weighted by molar-refractivity contribution is 5.76. The van der Waals surface area contributed by atoms with Gasteiger partial charge >= 0.3 is 12.1 Å². The number of rotatable bonds is 3. The van der Waals surface area contributed by atoms with Crippen molar-refractivity contribution in [1.29, 1.82) is 0 Å². The van der Waals surface area contributed by atoms with E-state index in [9.17, 15) is 18.0 Å². The first-order valence-electron chi connectivity index (χ1n) is 8.68. The topological polar surface area (TPSA) is 26.3 Å². The summed E-state index contributed by atoms with van der Waals surface area (Å²) in [5, 5.41) is 0. The van der Waals surface area contributed by atoms with Crippen LogP contribution in [0.3, 0.4) is 0 Å². The Morgan fingerprint density at radius 1 is 1.13 bits per heavy atom. The van der Waals surface area contributed by atoms with E-state index in [1.165, 1.54) is 12.8 Å². The lowest BCUT2D eigenvalue weighted by Gasteiger charge is -2.24. The van der Waals surface area contributed by atoms with E-state index < -0.39 is 23.7 Å². The molecule has 2 saturated carbocycles. The van der Waals surface area contributed by atoms with Crippen molar-refractivity contribution in [3.8, 4) is 0 Å². The van der Waals surface area contributed by atoms with Crippen molar-refractivity contribution in [3.63, 3.8) is 0 Å². The molecule has 2 aliphatic carbocycles. The van der Waals surface area contributed by atoms with Gasteiger partial charge in [-0.15, -0.1) is 0 Å². The van der Waals surface area contributed by atoms with Crippen molar-refractivity contribution in [2.24, 2.45) is 29.1 Å². The Labute approximate surface area is 138 Å². The van der Waals surface area contributed by atoms with Gasteiger partial charge in [0.25, 0.3) is 0 Å². The number of carbonyl (C=O) groups excluding carboxylic acids is 1. The molecule has 0 aliphatic heterocycles. The fourth-order valence-electron chi connectivity index (χ4n) is 3.40. The Balaban J connectivity index is 0.000000248. The summed E-state index contributed by atoms with van der Waals surface area (Å²) in [6, 6.07) is 0. The van der Waals surface area contributed by atoms with Crippen LogP contribution in [0.4, 0.5) is 13.2 Å². The molecule has 2 rings (SSSR count). The third-order valence-corrected chi connectivity index (χ3v) is 6.01. The maximum Gasteiger partial charge on any atom is 0.425 e. The molecule has 2 nitrogen and oxygen atoms in total. The van der Waals surface area contributed by atoms with Gasteiger partial charge in [0.15, 0.2) is 6.10 Å². The van der Waals surface area contributed by atoms with Gasteiger partial charge in [0, 0.05) is 0 Å². The standard InChI is InChI=1S/C9H15F3O2.C9H16/c1-5-8(3,4)7(13)14-6(2)9(10,11)12;1-6-7(2)9-4-3-8(6)5-9/h6H,5H2,1-4H3;6-9H,3-5H2,1-2H3. The number of fused-ring (bicyclic) bond motifs is 2. The molecule has 0 aromatic heterocycles. The second-order valence-corrected chi connectivity index (χ2v) is 7.88. The Morgan fingerprint density at radius 3 is 1.83 bits per heavy atom. The first-order chi connectivity index (χ1) is 10.4. The summed E-state index contributed by atoms with van der Waals surface area (Å²) < 4.78 is 40.4. The van der Waals surface area contributed by atoms with Crippen molar-refractivity contribution in [1.82, 2.24) is 0 Å². The van der Waals surface area contributed by atoms with Gasteiger partial charge in [-0.05, 0) is 70.1 Å². The van der Waals surface area contributed by atoms with Crippen LogP contribution in [0.15, 0.2) is 0 Å². The largest absolute Gasteiger partial charge is 0.453 e. The molecule has 0 aromatic carbocycles. The summed E-state index contributed by atoms with van der Waals surface area (Å²) in [5.74, 6) is 3.51. The first-order valence-corrected chi connectivity index (χ1v) is 8.68. The van der Waals surface area contributed by atoms with E-state index in [0.29, 0.717) is 6.42 Å². The van der Waals surface area contributed by atoms with E-state index in [2.05, 4.69) is 18.6 Å². The van der Waals surface area contributed by atoms with Gasteiger partial charge in [-0.1, -0.05) is 20.8 Å². The molecule has 0 saturated heterocycles. The zero-order valence-electron chi connectivity index (χ0n) is 15.2. The summed E-state index contributed by atoms with van der Waals surface area (Å²) in [7, 11) is 0. The summed E-state index contributed by atoms with van der Waals surface area (Å²) in [5.41, 5.74) is -0.862. The highest BCUT2D eigenvalue weighted by Gasteiger charge is 2.42. The second kappa shape index (κ2) is 7.43. The molecule has 0 spiro atoms. The molecule has 23 heavy (non-hydrogen) atoms. The van der Waals surface area contributed by atoms with Crippen LogP contribution in [0.5, 0.6) is 0 Å². The quantitative estimate of drug-likeness (QED) is 0.627. The van der Waals surface area contributed by atoms with Gasteiger partial charge in [-0.2, -0.15) is 13.2 Å². The fraction of sp³-hybridized carbons (Fsp3) is 0.944. The summed E-state index contributed by atoms with van der Waals surface area (Å²) in [6.07, 6.45) is -1.45. The van der Waals surface area contributed by atoms with E-state index in [1.54, 1.807) is 27.2 Å². The zero-order chi connectivity index (χ0) is 18.0. The van der Waals surface area contributed by atoms with Gasteiger partial charge < -0.3 is 4.74 Å². The highest BCUT2D eigenvalue weighted by atomic mass is 19.4. The molecule has 0 amide bonds. The maximum atomic E-state index is 12.0. The average molecular weight is 336 g/mol. The molecule has 2 fully saturated rings. The zero-order valence-corrected chi connectivity index (χ0v) is 15.2. The second-order valence-electron chi connectivity index (χ2n) is 7.88. The highest BCUT2D eigenvalue weighted by Crippen LogP contribution is 2.51. The predicted octanol–water partition coefficient (Wildman–Crippen LogP) is 5.61. The molecule has 2 aliphatic rings. The van der Waals surface area contributed by atoms with E-state index in [0.717, 1.165) is 30.6 Å². The molecule has 5 heteroatoms. The van der Waals surface area contributed by atoms with Crippen LogP contribution in [0.2, 0.25) is 0 Å². The molecule has 2 bridgehead atoms. The van der Waals surface area contributed by atoms with Crippen LogP contribution < -0.4 is 0 Å². The van der Waals surface area contributed by atoms with Gasteiger partial charge in [-0.25, -0.2) is 0 Å². The molecule has 0 radical (unpaired) electrons. The summed E-state index contributed by atoms with van der Waals surface area (Å²) >= 11 is 0. The lowest BCUT2D eigenvalue weighted by molar-refractivity contribution is -0.221. The molecule has 5 unspecified atom stereocenters. The Hall–Kier alpha value is -0.740. The van der Waals surface area contributed by atoms with Crippen LogP contribution in [0, 0.1) is 29.1 Å². The van der Waals surface area contributed by atoms with Crippen LogP contribution in [-0.4, -0.2) is 18.2 Å². The molecule has 5 atom stereocenters. The van der Waals surface area contributed by atoms with Crippen LogP contribution >= 0.6 is 0 Å². The monoisotopic (exact) mass is 336 g/mol. The van der Waals surface area contributed by atoms with Crippen molar-refractivity contribution in [3.05, 3.63) is 0 Å². The molecule has 0 N–H and O–H groups in total. The van der Waals surface area contributed by atoms with E-state index in [1.807, 2.05) is 0 Å². The minimum Gasteiger partial charge on any atom is -0.453 e. The molecule has 0 aromatic rings. The van der Waals surface area contributed by atoms with E-state index in [-0.39, 0.29) is 0 Å². The summed E-state index contributed by atoms with van der Waals surface area (Å²) in [6.45, 7) is 10.5.